The molecule has 0 fully saturated rings. The highest BCUT2D eigenvalue weighted by Crippen LogP contribution is 2.25. The van der Waals surface area contributed by atoms with Crippen molar-refractivity contribution in [2.24, 2.45) is 0 Å². The molecule has 2 aromatic rings. The van der Waals surface area contributed by atoms with Gasteiger partial charge in [-0.1, -0.05) is 11.6 Å². The van der Waals surface area contributed by atoms with Crippen molar-refractivity contribution < 1.29 is 9.90 Å². The van der Waals surface area contributed by atoms with Gasteiger partial charge in [-0.2, -0.15) is 5.26 Å². The summed E-state index contributed by atoms with van der Waals surface area (Å²) in [7, 11) is 0. The maximum absolute atomic E-state index is 11.1. The van der Waals surface area contributed by atoms with Crippen LogP contribution >= 0.6 is 11.6 Å². The first-order chi connectivity index (χ1) is 9.11. The lowest BCUT2D eigenvalue weighted by molar-refractivity contribution is 0.0697. The fourth-order valence-electron chi connectivity index (χ4n) is 1.52. The van der Waals surface area contributed by atoms with E-state index in [1.54, 1.807) is 18.2 Å². The first-order valence-electron chi connectivity index (χ1n) is 5.27. The smallest absolute Gasteiger partial charge is 0.339 e. The van der Waals surface area contributed by atoms with Crippen LogP contribution in [0.2, 0.25) is 5.02 Å². The number of nitrogens with one attached hydrogen (secondary N) is 1. The summed E-state index contributed by atoms with van der Waals surface area (Å²) in [6, 6.07) is 9.62. The number of nitrogens with zero attached hydrogens (tertiary/aromatic N) is 2. The zero-order valence-electron chi connectivity index (χ0n) is 9.59. The summed E-state index contributed by atoms with van der Waals surface area (Å²) >= 11 is 5.86. The Morgan fingerprint density at radius 3 is 2.89 bits per heavy atom. The van der Waals surface area contributed by atoms with Crippen molar-refractivity contribution in [2.75, 3.05) is 5.32 Å². The minimum atomic E-state index is -1.10. The van der Waals surface area contributed by atoms with Crippen LogP contribution < -0.4 is 5.32 Å². The Morgan fingerprint density at radius 2 is 2.21 bits per heavy atom. The first kappa shape index (κ1) is 12.9. The number of halogens is 1. The summed E-state index contributed by atoms with van der Waals surface area (Å²) < 4.78 is 0. The highest BCUT2D eigenvalue weighted by atomic mass is 35.5. The third kappa shape index (κ3) is 2.81. The number of benzene rings is 1. The second-order valence-corrected chi connectivity index (χ2v) is 4.07. The van der Waals surface area contributed by atoms with Gasteiger partial charge in [0.15, 0.2) is 0 Å². The van der Waals surface area contributed by atoms with Gasteiger partial charge in [0.25, 0.3) is 0 Å². The van der Waals surface area contributed by atoms with Gasteiger partial charge in [0.05, 0.1) is 11.3 Å². The predicted octanol–water partition coefficient (Wildman–Crippen LogP) is 3.05. The van der Waals surface area contributed by atoms with Gasteiger partial charge in [0, 0.05) is 11.2 Å². The van der Waals surface area contributed by atoms with E-state index < -0.39 is 5.97 Å². The van der Waals surface area contributed by atoms with E-state index in [0.29, 0.717) is 16.3 Å². The molecule has 0 unspecified atom stereocenters. The van der Waals surface area contributed by atoms with E-state index in [-0.39, 0.29) is 11.4 Å². The number of nitriles is 1. The summed E-state index contributed by atoms with van der Waals surface area (Å²) in [6.45, 7) is 0. The molecule has 0 saturated heterocycles. The van der Waals surface area contributed by atoms with Crippen LogP contribution in [0.5, 0.6) is 0 Å². The average Bonchev–Trinajstić information content (AvgIpc) is 2.39. The van der Waals surface area contributed by atoms with Crippen LogP contribution in [0.15, 0.2) is 36.5 Å². The van der Waals surface area contributed by atoms with Crippen molar-refractivity contribution in [3.63, 3.8) is 0 Å². The van der Waals surface area contributed by atoms with E-state index in [0.717, 1.165) is 0 Å². The molecular formula is C13H8ClN3O2. The number of aromatic nitrogens is 1. The normalized spacial score (nSPS) is 9.68. The zero-order valence-corrected chi connectivity index (χ0v) is 10.3. The van der Waals surface area contributed by atoms with Gasteiger partial charge in [0.1, 0.15) is 17.5 Å². The second kappa shape index (κ2) is 5.38. The molecule has 0 radical (unpaired) electrons. The lowest BCUT2D eigenvalue weighted by Crippen LogP contribution is -2.05. The van der Waals surface area contributed by atoms with Crippen LogP contribution in [0.1, 0.15) is 15.9 Å². The lowest BCUT2D eigenvalue weighted by atomic mass is 10.2. The standard InChI is InChI=1S/C13H8ClN3O2/c14-9-4-3-8(7-15)11(6-9)17-12-10(13(18)19)2-1-5-16-12/h1-6H,(H,16,17)(H,18,19). The van der Waals surface area contributed by atoms with Crippen molar-refractivity contribution in [1.29, 1.82) is 5.26 Å². The SMILES string of the molecule is N#Cc1ccc(Cl)cc1Nc1ncccc1C(=O)O. The van der Waals surface area contributed by atoms with Crippen LogP contribution in [-0.4, -0.2) is 16.1 Å². The molecule has 0 bridgehead atoms. The molecule has 0 aliphatic rings. The van der Waals surface area contributed by atoms with E-state index in [1.165, 1.54) is 18.3 Å². The number of hydrogen-bond donors (Lipinski definition) is 2. The molecule has 0 saturated carbocycles. The number of pyridine rings is 1. The molecule has 2 rings (SSSR count). The summed E-state index contributed by atoms with van der Waals surface area (Å²) in [5.74, 6) is -0.940. The van der Waals surface area contributed by atoms with Crippen LogP contribution in [0, 0.1) is 11.3 Å². The third-order valence-corrected chi connectivity index (χ3v) is 2.63. The van der Waals surface area contributed by atoms with Gasteiger partial charge >= 0.3 is 5.97 Å². The van der Waals surface area contributed by atoms with Crippen molar-refractivity contribution in [3.8, 4) is 6.07 Å². The molecular weight excluding hydrogens is 266 g/mol. The Balaban J connectivity index is 2.45. The molecule has 19 heavy (non-hydrogen) atoms. The largest absolute Gasteiger partial charge is 0.478 e. The number of aromatic carboxylic acids is 1. The Kier molecular flexibility index (Phi) is 3.64. The summed E-state index contributed by atoms with van der Waals surface area (Å²) in [5, 5.41) is 21.3. The van der Waals surface area contributed by atoms with E-state index in [1.807, 2.05) is 6.07 Å². The van der Waals surface area contributed by atoms with Crippen LogP contribution in [-0.2, 0) is 0 Å². The molecule has 6 heteroatoms. The molecule has 5 nitrogen and oxygen atoms in total. The van der Waals surface area contributed by atoms with E-state index in [2.05, 4.69) is 10.3 Å². The Bertz CT molecular complexity index is 680. The van der Waals surface area contributed by atoms with Gasteiger partial charge in [-0.3, -0.25) is 0 Å². The van der Waals surface area contributed by atoms with Gasteiger partial charge in [-0.25, -0.2) is 9.78 Å². The number of anilines is 2. The lowest BCUT2D eigenvalue weighted by Gasteiger charge is -2.09. The first-order valence-corrected chi connectivity index (χ1v) is 5.64. The highest BCUT2D eigenvalue weighted by molar-refractivity contribution is 6.30. The summed E-state index contributed by atoms with van der Waals surface area (Å²) in [5.41, 5.74) is 0.786. The van der Waals surface area contributed by atoms with Crippen molar-refractivity contribution in [1.82, 2.24) is 4.98 Å². The molecule has 0 aliphatic heterocycles. The molecule has 2 N–H and O–H groups in total. The minimum Gasteiger partial charge on any atom is -0.478 e. The number of carboxylic acids is 1. The molecule has 1 aromatic heterocycles. The minimum absolute atomic E-state index is 0.0198. The van der Waals surface area contributed by atoms with Gasteiger partial charge in [-0.05, 0) is 30.3 Å². The van der Waals surface area contributed by atoms with E-state index >= 15 is 0 Å². The predicted molar refractivity (Wildman–Crippen MR) is 70.6 cm³/mol. The van der Waals surface area contributed by atoms with Crippen LogP contribution in [0.4, 0.5) is 11.5 Å². The summed E-state index contributed by atoms with van der Waals surface area (Å²) in [4.78, 5) is 15.0. The number of hydrogen-bond acceptors (Lipinski definition) is 4. The molecule has 1 heterocycles. The quantitative estimate of drug-likeness (QED) is 0.897. The van der Waals surface area contributed by atoms with Crippen molar-refractivity contribution >= 4 is 29.1 Å². The maximum Gasteiger partial charge on any atom is 0.339 e. The van der Waals surface area contributed by atoms with E-state index in [9.17, 15) is 4.79 Å². The number of carbonyl (C=O) groups is 1. The molecule has 0 amide bonds. The molecule has 0 spiro atoms. The van der Waals surface area contributed by atoms with Crippen LogP contribution in [0.25, 0.3) is 0 Å². The number of carboxylic acid groups (broad SMARTS) is 1. The number of rotatable bonds is 3. The molecule has 1 aromatic carbocycles. The highest BCUT2D eigenvalue weighted by Gasteiger charge is 2.12. The van der Waals surface area contributed by atoms with Crippen molar-refractivity contribution in [2.45, 2.75) is 0 Å². The maximum atomic E-state index is 11.1. The Hall–Kier alpha value is -2.58. The van der Waals surface area contributed by atoms with E-state index in [4.69, 9.17) is 22.0 Å². The fourth-order valence-corrected chi connectivity index (χ4v) is 1.69. The van der Waals surface area contributed by atoms with Crippen LogP contribution in [0.3, 0.4) is 0 Å². The van der Waals surface area contributed by atoms with Gasteiger partial charge < -0.3 is 10.4 Å². The Labute approximate surface area is 114 Å². The Morgan fingerprint density at radius 1 is 1.42 bits per heavy atom. The molecule has 94 valence electrons. The van der Waals surface area contributed by atoms with Gasteiger partial charge in [-0.15, -0.1) is 0 Å². The molecule has 0 atom stereocenters. The molecule has 0 aliphatic carbocycles. The topological polar surface area (TPSA) is 86.0 Å². The van der Waals surface area contributed by atoms with Crippen molar-refractivity contribution in [3.05, 3.63) is 52.7 Å². The average molecular weight is 274 g/mol. The second-order valence-electron chi connectivity index (χ2n) is 3.63. The third-order valence-electron chi connectivity index (χ3n) is 2.39. The zero-order chi connectivity index (χ0) is 13.8. The fraction of sp³-hybridized carbons (Fsp3) is 0. The summed E-state index contributed by atoms with van der Waals surface area (Å²) in [6.07, 6.45) is 1.46. The van der Waals surface area contributed by atoms with Gasteiger partial charge in [0.2, 0.25) is 0 Å². The monoisotopic (exact) mass is 273 g/mol.